The molecule has 0 fully saturated rings. The van der Waals surface area contributed by atoms with Crippen molar-refractivity contribution in [2.24, 2.45) is 0 Å². The molecule has 0 bridgehead atoms. The highest BCUT2D eigenvalue weighted by Gasteiger charge is 2.17. The molecule has 1 unspecified atom stereocenters. The van der Waals surface area contributed by atoms with Gasteiger partial charge in [-0.3, -0.25) is 4.79 Å². The first-order valence-electron chi connectivity index (χ1n) is 6.56. The summed E-state index contributed by atoms with van der Waals surface area (Å²) in [5.41, 5.74) is 0.0510. The first-order chi connectivity index (χ1) is 8.81. The predicted octanol–water partition coefficient (Wildman–Crippen LogP) is 2.60. The highest BCUT2D eigenvalue weighted by Crippen LogP contribution is 2.23. The second-order valence-corrected chi connectivity index (χ2v) is 5.45. The Hall–Kier alpha value is -1.42. The molecule has 1 aromatic rings. The van der Waals surface area contributed by atoms with Crippen LogP contribution in [0.2, 0.25) is 0 Å². The summed E-state index contributed by atoms with van der Waals surface area (Å²) in [5.74, 6) is -0.300. The number of benzene rings is 1. The van der Waals surface area contributed by atoms with Crippen molar-refractivity contribution in [3.05, 3.63) is 35.6 Å². The van der Waals surface area contributed by atoms with Crippen molar-refractivity contribution in [3.8, 4) is 0 Å². The molecule has 1 aromatic carbocycles. The van der Waals surface area contributed by atoms with E-state index in [2.05, 4.69) is 5.32 Å². The van der Waals surface area contributed by atoms with Crippen molar-refractivity contribution in [1.82, 2.24) is 5.32 Å². The van der Waals surface area contributed by atoms with Gasteiger partial charge in [0.05, 0.1) is 5.60 Å². The molecule has 0 saturated heterocycles. The Bertz CT molecular complexity index is 409. The van der Waals surface area contributed by atoms with Gasteiger partial charge in [-0.05, 0) is 43.9 Å². The first-order valence-corrected chi connectivity index (χ1v) is 6.56. The van der Waals surface area contributed by atoms with Gasteiger partial charge in [-0.1, -0.05) is 19.1 Å². The summed E-state index contributed by atoms with van der Waals surface area (Å²) in [6, 6.07) is 6.25. The topological polar surface area (TPSA) is 49.3 Å². The maximum absolute atomic E-state index is 12.9. The van der Waals surface area contributed by atoms with E-state index >= 15 is 0 Å². The van der Waals surface area contributed by atoms with Crippen molar-refractivity contribution < 1.29 is 14.3 Å². The van der Waals surface area contributed by atoms with E-state index in [-0.39, 0.29) is 24.2 Å². The van der Waals surface area contributed by atoms with Gasteiger partial charge in [0.2, 0.25) is 5.91 Å². The van der Waals surface area contributed by atoms with Gasteiger partial charge in [-0.25, -0.2) is 4.39 Å². The lowest BCUT2D eigenvalue weighted by atomic mass is 9.93. The van der Waals surface area contributed by atoms with Crippen LogP contribution in [-0.2, 0) is 4.79 Å². The van der Waals surface area contributed by atoms with Crippen LogP contribution in [0.1, 0.15) is 45.1 Å². The van der Waals surface area contributed by atoms with Crippen LogP contribution in [0, 0.1) is 5.82 Å². The van der Waals surface area contributed by atoms with E-state index in [1.165, 1.54) is 12.1 Å². The molecule has 1 atom stereocenters. The van der Waals surface area contributed by atoms with Gasteiger partial charge in [0.1, 0.15) is 5.82 Å². The fraction of sp³-hybridized carbons (Fsp3) is 0.533. The molecule has 19 heavy (non-hydrogen) atoms. The summed E-state index contributed by atoms with van der Waals surface area (Å²) in [6.07, 6.45) is 1.15. The molecule has 0 aliphatic heterocycles. The molecule has 0 saturated carbocycles. The number of nitrogens with one attached hydrogen (secondary N) is 1. The Morgan fingerprint density at radius 3 is 2.42 bits per heavy atom. The van der Waals surface area contributed by atoms with Crippen LogP contribution in [0.3, 0.4) is 0 Å². The summed E-state index contributed by atoms with van der Waals surface area (Å²) < 4.78 is 12.9. The zero-order valence-electron chi connectivity index (χ0n) is 11.7. The Kier molecular flexibility index (Phi) is 5.48. The van der Waals surface area contributed by atoms with E-state index < -0.39 is 5.60 Å². The molecule has 1 amide bonds. The molecule has 0 radical (unpaired) electrons. The average Bonchev–Trinajstić information content (AvgIpc) is 2.34. The molecule has 0 spiro atoms. The number of amides is 1. The second kappa shape index (κ2) is 6.66. The van der Waals surface area contributed by atoms with Crippen LogP contribution in [0.15, 0.2) is 24.3 Å². The second-order valence-electron chi connectivity index (χ2n) is 5.45. The lowest BCUT2D eigenvalue weighted by molar-refractivity contribution is -0.122. The van der Waals surface area contributed by atoms with Crippen molar-refractivity contribution in [1.29, 1.82) is 0 Å². The number of hydrogen-bond donors (Lipinski definition) is 2. The fourth-order valence-electron chi connectivity index (χ4n) is 1.84. The number of rotatable bonds is 6. The molecule has 0 aliphatic carbocycles. The molecule has 0 aromatic heterocycles. The Morgan fingerprint density at radius 2 is 1.95 bits per heavy atom. The quantitative estimate of drug-likeness (QED) is 0.832. The molecule has 0 heterocycles. The van der Waals surface area contributed by atoms with Gasteiger partial charge in [0, 0.05) is 13.0 Å². The van der Waals surface area contributed by atoms with Crippen LogP contribution in [0.25, 0.3) is 0 Å². The minimum Gasteiger partial charge on any atom is -0.389 e. The Morgan fingerprint density at radius 1 is 1.37 bits per heavy atom. The van der Waals surface area contributed by atoms with E-state index in [1.54, 1.807) is 26.0 Å². The van der Waals surface area contributed by atoms with Gasteiger partial charge in [-0.2, -0.15) is 0 Å². The number of carbonyl (C=O) groups is 1. The minimum atomic E-state index is -0.909. The van der Waals surface area contributed by atoms with E-state index in [1.807, 2.05) is 6.92 Å². The van der Waals surface area contributed by atoms with Crippen molar-refractivity contribution in [3.63, 3.8) is 0 Å². The average molecular weight is 267 g/mol. The van der Waals surface area contributed by atoms with E-state index in [0.717, 1.165) is 12.0 Å². The third kappa shape index (κ3) is 5.83. The van der Waals surface area contributed by atoms with Crippen LogP contribution in [-0.4, -0.2) is 23.2 Å². The smallest absolute Gasteiger partial charge is 0.220 e. The summed E-state index contributed by atoms with van der Waals surface area (Å²) in [7, 11) is 0. The van der Waals surface area contributed by atoms with Crippen molar-refractivity contribution in [2.75, 3.05) is 6.54 Å². The molecular formula is C15H22FNO2. The van der Waals surface area contributed by atoms with Crippen molar-refractivity contribution in [2.45, 2.75) is 45.1 Å². The summed E-state index contributed by atoms with van der Waals surface area (Å²) >= 11 is 0. The normalized spacial score (nSPS) is 13.1. The number of aliphatic hydroxyl groups is 1. The third-order valence-electron chi connectivity index (χ3n) is 2.98. The monoisotopic (exact) mass is 267 g/mol. The van der Waals surface area contributed by atoms with Gasteiger partial charge >= 0.3 is 0 Å². The van der Waals surface area contributed by atoms with Crippen LogP contribution >= 0.6 is 0 Å². The number of hydrogen-bond acceptors (Lipinski definition) is 2. The van der Waals surface area contributed by atoms with Gasteiger partial charge in [0.15, 0.2) is 0 Å². The maximum Gasteiger partial charge on any atom is 0.220 e. The summed E-state index contributed by atoms with van der Waals surface area (Å²) in [4.78, 5) is 11.8. The first kappa shape index (κ1) is 15.6. The fourth-order valence-corrected chi connectivity index (χ4v) is 1.84. The summed E-state index contributed by atoms with van der Waals surface area (Å²) in [5, 5.41) is 12.3. The minimum absolute atomic E-state index is 0.0717. The van der Waals surface area contributed by atoms with E-state index in [9.17, 15) is 14.3 Å². The van der Waals surface area contributed by atoms with E-state index in [4.69, 9.17) is 0 Å². The Balaban J connectivity index is 2.57. The zero-order valence-corrected chi connectivity index (χ0v) is 11.7. The Labute approximate surface area is 113 Å². The summed E-state index contributed by atoms with van der Waals surface area (Å²) in [6.45, 7) is 5.51. The lowest BCUT2D eigenvalue weighted by Crippen LogP contribution is -2.38. The molecular weight excluding hydrogens is 245 g/mol. The maximum atomic E-state index is 12.9. The third-order valence-corrected chi connectivity index (χ3v) is 2.98. The molecule has 3 nitrogen and oxygen atoms in total. The highest BCUT2D eigenvalue weighted by molar-refractivity contribution is 5.76. The van der Waals surface area contributed by atoms with Crippen LogP contribution in [0.4, 0.5) is 4.39 Å². The SMILES string of the molecule is CCC(CC(=O)NCC(C)(C)O)c1ccc(F)cc1. The predicted molar refractivity (Wildman–Crippen MR) is 73.4 cm³/mol. The zero-order chi connectivity index (χ0) is 14.5. The van der Waals surface area contributed by atoms with Gasteiger partial charge in [0.25, 0.3) is 0 Å². The molecule has 1 rings (SSSR count). The lowest BCUT2D eigenvalue weighted by Gasteiger charge is -2.19. The molecule has 0 aliphatic rings. The molecule has 4 heteroatoms. The van der Waals surface area contributed by atoms with E-state index in [0.29, 0.717) is 6.42 Å². The standard InChI is InChI=1S/C15H22FNO2/c1-4-11(12-5-7-13(16)8-6-12)9-14(18)17-10-15(2,3)19/h5-8,11,19H,4,9-10H2,1-3H3,(H,17,18). The molecule has 106 valence electrons. The number of halogens is 1. The number of carbonyl (C=O) groups excluding carboxylic acids is 1. The largest absolute Gasteiger partial charge is 0.389 e. The van der Waals surface area contributed by atoms with Gasteiger partial charge < -0.3 is 10.4 Å². The van der Waals surface area contributed by atoms with Crippen LogP contribution < -0.4 is 5.32 Å². The van der Waals surface area contributed by atoms with Gasteiger partial charge in [-0.15, -0.1) is 0 Å². The van der Waals surface area contributed by atoms with Crippen molar-refractivity contribution >= 4 is 5.91 Å². The molecule has 2 N–H and O–H groups in total. The van der Waals surface area contributed by atoms with Crippen LogP contribution in [0.5, 0.6) is 0 Å². The highest BCUT2D eigenvalue weighted by atomic mass is 19.1.